The summed E-state index contributed by atoms with van der Waals surface area (Å²) >= 11 is 0. The van der Waals surface area contributed by atoms with Gasteiger partial charge in [0.1, 0.15) is 12.8 Å². The fraction of sp³-hybridized carbons (Fsp3) is 0.200. The Hall–Kier alpha value is -2.77. The van der Waals surface area contributed by atoms with Gasteiger partial charge in [-0.05, 0) is 23.8 Å². The van der Waals surface area contributed by atoms with Crippen LogP contribution in [0, 0.1) is 0 Å². The molecule has 1 heterocycles. The van der Waals surface area contributed by atoms with E-state index in [1.807, 2.05) is 0 Å². The first-order valence-corrected chi connectivity index (χ1v) is 6.47. The van der Waals surface area contributed by atoms with E-state index >= 15 is 0 Å². The Labute approximate surface area is 128 Å². The van der Waals surface area contributed by atoms with Crippen LogP contribution in [0.5, 0.6) is 0 Å². The topological polar surface area (TPSA) is 70.8 Å². The molecule has 0 bridgehead atoms. The number of nitrogens with zero attached hydrogens (tertiary/aromatic N) is 1. The second kappa shape index (κ2) is 6.55. The van der Waals surface area contributed by atoms with Gasteiger partial charge in [-0.2, -0.15) is 13.2 Å². The van der Waals surface area contributed by atoms with Crippen molar-refractivity contribution in [3.63, 3.8) is 0 Å². The van der Waals surface area contributed by atoms with Crippen molar-refractivity contribution < 1.29 is 32.3 Å². The lowest BCUT2D eigenvalue weighted by molar-refractivity contribution is -0.138. The minimum Gasteiger partial charge on any atom is -0.480 e. The Morgan fingerprint density at radius 2 is 1.78 bits per heavy atom. The van der Waals surface area contributed by atoms with E-state index in [-0.39, 0.29) is 12.1 Å². The van der Waals surface area contributed by atoms with Crippen molar-refractivity contribution in [2.75, 3.05) is 6.54 Å². The van der Waals surface area contributed by atoms with Crippen LogP contribution in [0.3, 0.4) is 0 Å². The van der Waals surface area contributed by atoms with Crippen LogP contribution in [0.15, 0.2) is 47.3 Å². The van der Waals surface area contributed by atoms with E-state index in [4.69, 9.17) is 9.52 Å². The van der Waals surface area contributed by atoms with Crippen molar-refractivity contribution in [1.29, 1.82) is 0 Å². The highest BCUT2D eigenvalue weighted by atomic mass is 19.4. The number of amides is 1. The number of aliphatic carboxylic acids is 1. The van der Waals surface area contributed by atoms with Crippen LogP contribution < -0.4 is 0 Å². The predicted octanol–water partition coefficient (Wildman–Crippen LogP) is 3.03. The van der Waals surface area contributed by atoms with E-state index in [1.54, 1.807) is 0 Å². The number of benzene rings is 1. The summed E-state index contributed by atoms with van der Waals surface area (Å²) in [6, 6.07) is 5.57. The monoisotopic (exact) mass is 327 g/mol. The summed E-state index contributed by atoms with van der Waals surface area (Å²) in [4.78, 5) is 24.1. The first-order chi connectivity index (χ1) is 10.8. The van der Waals surface area contributed by atoms with E-state index in [2.05, 4.69) is 0 Å². The molecule has 5 nitrogen and oxygen atoms in total. The van der Waals surface area contributed by atoms with E-state index in [9.17, 15) is 22.8 Å². The van der Waals surface area contributed by atoms with Gasteiger partial charge in [-0.3, -0.25) is 9.59 Å². The van der Waals surface area contributed by atoms with E-state index in [0.717, 1.165) is 17.0 Å². The van der Waals surface area contributed by atoms with Crippen molar-refractivity contribution in [1.82, 2.24) is 4.90 Å². The molecule has 1 aromatic carbocycles. The molecule has 0 fully saturated rings. The van der Waals surface area contributed by atoms with Crippen LogP contribution >= 0.6 is 0 Å². The van der Waals surface area contributed by atoms with Gasteiger partial charge in [0, 0.05) is 6.54 Å². The predicted molar refractivity (Wildman–Crippen MR) is 72.5 cm³/mol. The molecule has 0 spiro atoms. The third kappa shape index (κ3) is 4.35. The molecule has 1 aromatic heterocycles. The molecule has 8 heteroatoms. The zero-order valence-corrected chi connectivity index (χ0v) is 11.7. The van der Waals surface area contributed by atoms with Crippen LogP contribution in [-0.4, -0.2) is 28.4 Å². The fourth-order valence-corrected chi connectivity index (χ4v) is 1.95. The van der Waals surface area contributed by atoms with Gasteiger partial charge in [0.15, 0.2) is 0 Å². The number of furan rings is 1. The molecule has 0 saturated carbocycles. The molecule has 0 saturated heterocycles. The first-order valence-electron chi connectivity index (χ1n) is 6.47. The molecule has 23 heavy (non-hydrogen) atoms. The lowest BCUT2D eigenvalue weighted by atomic mass is 10.1. The maximum atomic E-state index is 12.5. The average molecular weight is 327 g/mol. The fourth-order valence-electron chi connectivity index (χ4n) is 1.95. The summed E-state index contributed by atoms with van der Waals surface area (Å²) in [6.45, 7) is -0.709. The molecule has 0 atom stereocenters. The van der Waals surface area contributed by atoms with Gasteiger partial charge >= 0.3 is 12.1 Å². The summed E-state index contributed by atoms with van der Waals surface area (Å²) in [6.07, 6.45) is -2.01. The zero-order valence-electron chi connectivity index (χ0n) is 11.7. The molecule has 0 radical (unpaired) electrons. The van der Waals surface area contributed by atoms with Gasteiger partial charge in [0.05, 0.1) is 17.4 Å². The van der Waals surface area contributed by atoms with Crippen molar-refractivity contribution in [3.05, 3.63) is 59.5 Å². The smallest absolute Gasteiger partial charge is 0.416 e. The van der Waals surface area contributed by atoms with Gasteiger partial charge in [-0.1, -0.05) is 12.1 Å². The third-order valence-corrected chi connectivity index (χ3v) is 3.04. The third-order valence-electron chi connectivity index (χ3n) is 3.04. The zero-order chi connectivity index (χ0) is 17.0. The minimum atomic E-state index is -4.45. The highest BCUT2D eigenvalue weighted by Crippen LogP contribution is 2.29. The quantitative estimate of drug-likeness (QED) is 0.916. The van der Waals surface area contributed by atoms with Crippen LogP contribution in [0.1, 0.15) is 21.5 Å². The summed E-state index contributed by atoms with van der Waals surface area (Å²) in [5.74, 6) is -1.81. The molecule has 0 aliphatic carbocycles. The highest BCUT2D eigenvalue weighted by Gasteiger charge is 2.30. The van der Waals surface area contributed by atoms with Gasteiger partial charge in [-0.25, -0.2) is 0 Å². The Kier molecular flexibility index (Phi) is 4.73. The summed E-state index contributed by atoms with van der Waals surface area (Å²) in [7, 11) is 0. The number of rotatable bonds is 5. The number of carbonyl (C=O) groups is 2. The number of carbonyl (C=O) groups excluding carboxylic acids is 1. The van der Waals surface area contributed by atoms with E-state index in [0.29, 0.717) is 5.56 Å². The summed E-state index contributed by atoms with van der Waals surface area (Å²) in [5.41, 5.74) is -0.263. The van der Waals surface area contributed by atoms with Crippen LogP contribution in [0.25, 0.3) is 0 Å². The Bertz CT molecular complexity index is 678. The Morgan fingerprint density at radius 3 is 2.26 bits per heavy atom. The maximum absolute atomic E-state index is 12.5. The minimum absolute atomic E-state index is 0.131. The number of halogens is 3. The number of alkyl halides is 3. The lowest BCUT2D eigenvalue weighted by Crippen LogP contribution is -2.35. The van der Waals surface area contributed by atoms with Crippen molar-refractivity contribution in [3.8, 4) is 0 Å². The van der Waals surface area contributed by atoms with Crippen molar-refractivity contribution in [2.45, 2.75) is 12.7 Å². The summed E-state index contributed by atoms with van der Waals surface area (Å²) < 4.78 is 42.3. The number of hydrogen-bond donors (Lipinski definition) is 1. The van der Waals surface area contributed by atoms with Gasteiger partial charge in [0.25, 0.3) is 5.91 Å². The number of carboxylic acid groups (broad SMARTS) is 1. The summed E-state index contributed by atoms with van der Waals surface area (Å²) in [5, 5.41) is 8.89. The van der Waals surface area contributed by atoms with Gasteiger partial charge in [0.2, 0.25) is 0 Å². The second-order valence-electron chi connectivity index (χ2n) is 4.76. The molecule has 1 N–H and O–H groups in total. The Balaban J connectivity index is 2.17. The van der Waals surface area contributed by atoms with Crippen molar-refractivity contribution in [2.24, 2.45) is 0 Å². The molecule has 0 unspecified atom stereocenters. The standard InChI is InChI=1S/C15H12F3NO4/c16-15(17,18)12-3-1-10(2-4-12)7-19(8-13(20)21)14(22)11-5-6-23-9-11/h1-6,9H,7-8H2,(H,20,21). The van der Waals surface area contributed by atoms with Crippen molar-refractivity contribution >= 4 is 11.9 Å². The van der Waals surface area contributed by atoms with Gasteiger partial charge in [-0.15, -0.1) is 0 Å². The van der Waals surface area contributed by atoms with Crippen LogP contribution in [-0.2, 0) is 17.5 Å². The molecule has 0 aliphatic rings. The van der Waals surface area contributed by atoms with E-state index < -0.39 is 30.2 Å². The van der Waals surface area contributed by atoms with Gasteiger partial charge < -0.3 is 14.4 Å². The molecular formula is C15H12F3NO4. The molecule has 2 rings (SSSR count). The Morgan fingerprint density at radius 1 is 1.13 bits per heavy atom. The molecule has 2 aromatic rings. The molecule has 122 valence electrons. The van der Waals surface area contributed by atoms with Crippen LogP contribution in [0.2, 0.25) is 0 Å². The molecular weight excluding hydrogens is 315 g/mol. The van der Waals surface area contributed by atoms with E-state index in [1.165, 1.54) is 30.7 Å². The number of hydrogen-bond acceptors (Lipinski definition) is 3. The maximum Gasteiger partial charge on any atom is 0.416 e. The molecule has 1 amide bonds. The van der Waals surface area contributed by atoms with Crippen LogP contribution in [0.4, 0.5) is 13.2 Å². The molecule has 0 aliphatic heterocycles. The largest absolute Gasteiger partial charge is 0.480 e. The second-order valence-corrected chi connectivity index (χ2v) is 4.76. The average Bonchev–Trinajstić information content (AvgIpc) is 2.99. The lowest BCUT2D eigenvalue weighted by Gasteiger charge is -2.20. The normalized spacial score (nSPS) is 11.3. The first kappa shape index (κ1) is 16.6. The highest BCUT2D eigenvalue weighted by molar-refractivity contribution is 5.95. The number of carboxylic acids is 1. The SMILES string of the molecule is O=C(O)CN(Cc1ccc(C(F)(F)F)cc1)C(=O)c1ccoc1.